The van der Waals surface area contributed by atoms with E-state index >= 15 is 0 Å². The predicted molar refractivity (Wildman–Crippen MR) is 131 cm³/mol. The molecule has 33 heavy (non-hydrogen) atoms. The molecule has 0 saturated carbocycles. The summed E-state index contributed by atoms with van der Waals surface area (Å²) in [6, 6.07) is 12.7. The number of amides is 1. The quantitative estimate of drug-likeness (QED) is 0.324. The van der Waals surface area contributed by atoms with E-state index in [0.29, 0.717) is 30.9 Å². The normalized spacial score (nSPS) is 18.1. The molecule has 0 spiro atoms. The molecule has 1 aliphatic rings. The minimum atomic E-state index is -0.659. The van der Waals surface area contributed by atoms with Crippen molar-refractivity contribution in [1.29, 1.82) is 0 Å². The number of hydrogen-bond acceptors (Lipinski definition) is 4. The van der Waals surface area contributed by atoms with Crippen molar-refractivity contribution < 1.29 is 19.4 Å². The lowest BCUT2D eigenvalue weighted by Gasteiger charge is -2.26. The number of benzene rings is 2. The second kappa shape index (κ2) is 9.82. The third-order valence-corrected chi connectivity index (χ3v) is 6.01. The van der Waals surface area contributed by atoms with Gasteiger partial charge in [0.1, 0.15) is 11.5 Å². The Labute approximate surface area is 197 Å². The highest BCUT2D eigenvalue weighted by Gasteiger charge is 2.46. The SMILES string of the molecule is CCCOc1cccc(C2/C(=C(\O)c3cc(C(C)(C)C)ccc3C)C(=O)C(=O)N2CCC)c1. The molecule has 1 aliphatic heterocycles. The highest BCUT2D eigenvalue weighted by atomic mass is 16.5. The highest BCUT2D eigenvalue weighted by molar-refractivity contribution is 6.46. The Hall–Kier alpha value is -3.08. The Balaban J connectivity index is 2.21. The van der Waals surface area contributed by atoms with Crippen molar-refractivity contribution in [2.45, 2.75) is 65.8 Å². The first-order valence-corrected chi connectivity index (χ1v) is 11.7. The molecule has 1 atom stereocenters. The van der Waals surface area contributed by atoms with Crippen LogP contribution in [0, 0.1) is 6.92 Å². The zero-order valence-electron chi connectivity index (χ0n) is 20.6. The van der Waals surface area contributed by atoms with Gasteiger partial charge in [0.25, 0.3) is 11.7 Å². The predicted octanol–water partition coefficient (Wildman–Crippen LogP) is 5.91. The fraction of sp³-hybridized carbons (Fsp3) is 0.429. The molecule has 1 amide bonds. The number of ether oxygens (including phenoxy) is 1. The van der Waals surface area contributed by atoms with Gasteiger partial charge in [-0.05, 0) is 60.1 Å². The first-order chi connectivity index (χ1) is 15.6. The minimum Gasteiger partial charge on any atom is -0.507 e. The minimum absolute atomic E-state index is 0.124. The van der Waals surface area contributed by atoms with Crippen LogP contribution in [0.5, 0.6) is 5.75 Å². The average Bonchev–Trinajstić information content (AvgIpc) is 3.02. The van der Waals surface area contributed by atoms with E-state index in [2.05, 4.69) is 20.8 Å². The number of Topliss-reactive ketones (excluding diaryl/α,β-unsaturated/α-hetero) is 1. The van der Waals surface area contributed by atoms with Crippen LogP contribution in [0.2, 0.25) is 0 Å². The highest BCUT2D eigenvalue weighted by Crippen LogP contribution is 2.41. The van der Waals surface area contributed by atoms with Crippen LogP contribution in [0.1, 0.15) is 75.8 Å². The number of ketones is 1. The van der Waals surface area contributed by atoms with Crippen LogP contribution in [0.3, 0.4) is 0 Å². The number of aliphatic hydroxyl groups excluding tert-OH is 1. The Bertz CT molecular complexity index is 1080. The molecule has 5 nitrogen and oxygen atoms in total. The van der Waals surface area contributed by atoms with Crippen molar-refractivity contribution >= 4 is 17.4 Å². The summed E-state index contributed by atoms with van der Waals surface area (Å²) in [4.78, 5) is 27.8. The molecular weight excluding hydrogens is 414 g/mol. The molecule has 2 aromatic rings. The van der Waals surface area contributed by atoms with Crippen LogP contribution >= 0.6 is 0 Å². The van der Waals surface area contributed by atoms with Crippen molar-refractivity contribution in [3.05, 3.63) is 70.3 Å². The van der Waals surface area contributed by atoms with E-state index in [1.807, 2.05) is 63.2 Å². The number of hydrogen-bond donors (Lipinski definition) is 1. The van der Waals surface area contributed by atoms with E-state index in [9.17, 15) is 14.7 Å². The zero-order valence-corrected chi connectivity index (χ0v) is 20.6. The molecule has 1 fully saturated rings. The molecule has 1 unspecified atom stereocenters. The van der Waals surface area contributed by atoms with Gasteiger partial charge < -0.3 is 14.7 Å². The van der Waals surface area contributed by atoms with E-state index < -0.39 is 17.7 Å². The monoisotopic (exact) mass is 449 g/mol. The smallest absolute Gasteiger partial charge is 0.295 e. The summed E-state index contributed by atoms with van der Waals surface area (Å²) in [5.41, 5.74) is 3.24. The number of aliphatic hydroxyl groups is 1. The van der Waals surface area contributed by atoms with Gasteiger partial charge in [-0.15, -0.1) is 0 Å². The molecule has 1 heterocycles. The number of aryl methyl sites for hydroxylation is 1. The third-order valence-electron chi connectivity index (χ3n) is 6.01. The van der Waals surface area contributed by atoms with Gasteiger partial charge in [-0.3, -0.25) is 9.59 Å². The lowest BCUT2D eigenvalue weighted by atomic mass is 9.84. The maximum Gasteiger partial charge on any atom is 0.295 e. The number of carbonyl (C=O) groups is 2. The summed E-state index contributed by atoms with van der Waals surface area (Å²) >= 11 is 0. The molecule has 1 N–H and O–H groups in total. The second-order valence-electron chi connectivity index (χ2n) is 9.69. The van der Waals surface area contributed by atoms with Gasteiger partial charge in [-0.25, -0.2) is 0 Å². The number of rotatable bonds is 7. The number of nitrogens with zero attached hydrogens (tertiary/aromatic N) is 1. The van der Waals surface area contributed by atoms with Gasteiger partial charge in [0.15, 0.2) is 0 Å². The van der Waals surface area contributed by atoms with E-state index in [1.54, 1.807) is 4.90 Å². The molecule has 0 aliphatic carbocycles. The van der Waals surface area contributed by atoms with Crippen molar-refractivity contribution in [3.63, 3.8) is 0 Å². The molecular formula is C28H35NO4. The molecule has 2 aromatic carbocycles. The lowest BCUT2D eigenvalue weighted by Crippen LogP contribution is -2.30. The van der Waals surface area contributed by atoms with Crippen LogP contribution in [0.25, 0.3) is 5.76 Å². The zero-order chi connectivity index (χ0) is 24.3. The molecule has 176 valence electrons. The van der Waals surface area contributed by atoms with Crippen LogP contribution in [-0.4, -0.2) is 34.8 Å². The number of carbonyl (C=O) groups excluding carboxylic acids is 2. The Morgan fingerprint density at radius 1 is 1.06 bits per heavy atom. The summed E-state index contributed by atoms with van der Waals surface area (Å²) in [5.74, 6) is -0.665. The van der Waals surface area contributed by atoms with Crippen LogP contribution in [0.15, 0.2) is 48.0 Å². The largest absolute Gasteiger partial charge is 0.507 e. The first kappa shape index (κ1) is 24.6. The Morgan fingerprint density at radius 2 is 1.79 bits per heavy atom. The van der Waals surface area contributed by atoms with Gasteiger partial charge in [-0.2, -0.15) is 0 Å². The number of likely N-dealkylation sites (tertiary alicyclic amines) is 1. The summed E-state index contributed by atoms with van der Waals surface area (Å²) in [7, 11) is 0. The van der Waals surface area contributed by atoms with Crippen LogP contribution in [0.4, 0.5) is 0 Å². The van der Waals surface area contributed by atoms with Crippen molar-refractivity contribution in [2.24, 2.45) is 0 Å². The fourth-order valence-corrected chi connectivity index (χ4v) is 4.18. The summed E-state index contributed by atoms with van der Waals surface area (Å²) in [6.07, 6.45) is 1.58. The van der Waals surface area contributed by atoms with Crippen molar-refractivity contribution in [1.82, 2.24) is 4.90 Å². The van der Waals surface area contributed by atoms with Gasteiger partial charge in [0, 0.05) is 12.1 Å². The van der Waals surface area contributed by atoms with Gasteiger partial charge >= 0.3 is 0 Å². The first-order valence-electron chi connectivity index (χ1n) is 11.7. The van der Waals surface area contributed by atoms with E-state index in [1.165, 1.54) is 0 Å². The topological polar surface area (TPSA) is 66.8 Å². The average molecular weight is 450 g/mol. The fourth-order valence-electron chi connectivity index (χ4n) is 4.18. The maximum atomic E-state index is 13.2. The molecule has 5 heteroatoms. The summed E-state index contributed by atoms with van der Waals surface area (Å²) < 4.78 is 5.79. The molecule has 0 bridgehead atoms. The lowest BCUT2D eigenvalue weighted by molar-refractivity contribution is -0.139. The maximum absolute atomic E-state index is 13.2. The van der Waals surface area contributed by atoms with E-state index in [0.717, 1.165) is 23.1 Å². The molecule has 0 radical (unpaired) electrons. The Morgan fingerprint density at radius 3 is 2.42 bits per heavy atom. The van der Waals surface area contributed by atoms with Gasteiger partial charge in [0.2, 0.25) is 0 Å². The summed E-state index contributed by atoms with van der Waals surface area (Å²) in [6.45, 7) is 13.2. The van der Waals surface area contributed by atoms with Gasteiger partial charge in [0.05, 0.1) is 18.2 Å². The molecule has 0 aromatic heterocycles. The molecule has 3 rings (SSSR count). The van der Waals surface area contributed by atoms with E-state index in [4.69, 9.17) is 4.74 Å². The van der Waals surface area contributed by atoms with Gasteiger partial charge in [-0.1, -0.05) is 58.9 Å². The third kappa shape index (κ3) is 4.97. The van der Waals surface area contributed by atoms with Crippen LogP contribution in [-0.2, 0) is 15.0 Å². The Kier molecular flexibility index (Phi) is 7.31. The van der Waals surface area contributed by atoms with Crippen molar-refractivity contribution in [3.8, 4) is 5.75 Å². The summed E-state index contributed by atoms with van der Waals surface area (Å²) in [5, 5.41) is 11.5. The molecule has 1 saturated heterocycles. The second-order valence-corrected chi connectivity index (χ2v) is 9.69. The standard InChI is InChI=1S/C28H35NO4/c1-7-14-29-24(19-10-9-11-21(16-19)33-15-8-2)23(26(31)27(29)32)25(30)22-17-20(28(4,5)6)13-12-18(22)3/h9-13,16-17,24,30H,7-8,14-15H2,1-6H3/b25-23+. The van der Waals surface area contributed by atoms with Crippen molar-refractivity contribution in [2.75, 3.05) is 13.2 Å². The van der Waals surface area contributed by atoms with Crippen LogP contribution < -0.4 is 4.74 Å². The van der Waals surface area contributed by atoms with E-state index in [-0.39, 0.29) is 16.7 Å².